The fourth-order valence-corrected chi connectivity index (χ4v) is 0.330. The van der Waals surface area contributed by atoms with Crippen LogP contribution in [0.3, 0.4) is 0 Å². The number of hydrogen-bond donors (Lipinski definition) is 3. The van der Waals surface area contributed by atoms with Gasteiger partial charge in [-0.2, -0.15) is 0 Å². The van der Waals surface area contributed by atoms with E-state index >= 15 is 0 Å². The first-order valence-electron chi connectivity index (χ1n) is 2.46. The van der Waals surface area contributed by atoms with Gasteiger partial charge in [0.2, 0.25) is 0 Å². The summed E-state index contributed by atoms with van der Waals surface area (Å²) in [5.41, 5.74) is 9.71. The van der Waals surface area contributed by atoms with Gasteiger partial charge in [0.15, 0.2) is 0 Å². The fraction of sp³-hybridized carbons (Fsp3) is 1.00. The highest BCUT2D eigenvalue weighted by Gasteiger charge is 2.10. The molecular formula is C4H11FN2O. The van der Waals surface area contributed by atoms with Crippen LogP contribution < -0.4 is 11.5 Å². The number of halogens is 1. The van der Waals surface area contributed by atoms with Crippen molar-refractivity contribution in [3.05, 3.63) is 0 Å². The molecule has 4 heteroatoms. The largest absolute Gasteiger partial charge is 0.376 e. The summed E-state index contributed by atoms with van der Waals surface area (Å²) in [6.45, 7) is 0.218. The fourth-order valence-electron chi connectivity index (χ4n) is 0.330. The van der Waals surface area contributed by atoms with Crippen LogP contribution in [-0.2, 0) is 0 Å². The van der Waals surface area contributed by atoms with Crippen LogP contribution in [0.25, 0.3) is 0 Å². The molecule has 3 nitrogen and oxygen atoms in total. The molecule has 0 aliphatic heterocycles. The molecule has 0 rings (SSSR count). The number of nitrogens with two attached hydrogens (primary N) is 2. The van der Waals surface area contributed by atoms with E-state index < -0.39 is 12.4 Å². The minimum absolute atomic E-state index is 0.123. The zero-order chi connectivity index (χ0) is 6.57. The maximum atomic E-state index is 12.1. The minimum Gasteiger partial charge on any atom is -0.376 e. The number of alkyl halides is 1. The Morgan fingerprint density at radius 1 is 1.62 bits per heavy atom. The van der Waals surface area contributed by atoms with Gasteiger partial charge in [-0.05, 0) is 13.0 Å². The highest BCUT2D eigenvalue weighted by molar-refractivity contribution is 4.60. The Balaban J connectivity index is 3.17. The van der Waals surface area contributed by atoms with Gasteiger partial charge in [-0.25, -0.2) is 4.39 Å². The third-order valence-corrected chi connectivity index (χ3v) is 0.813. The molecule has 0 bridgehead atoms. The van der Waals surface area contributed by atoms with E-state index in [1.54, 1.807) is 0 Å². The second kappa shape index (κ2) is 3.77. The number of aliphatic hydroxyl groups is 1. The van der Waals surface area contributed by atoms with Crippen LogP contribution in [0.15, 0.2) is 0 Å². The molecule has 0 heterocycles. The SMILES string of the molecule is NCC[C@H](F)C(N)O. The number of hydrogen-bond acceptors (Lipinski definition) is 3. The summed E-state index contributed by atoms with van der Waals surface area (Å²) in [5.74, 6) is 0. The van der Waals surface area contributed by atoms with Gasteiger partial charge in [0.05, 0.1) is 0 Å². The highest BCUT2D eigenvalue weighted by Crippen LogP contribution is 1.96. The summed E-state index contributed by atoms with van der Waals surface area (Å²) in [5, 5.41) is 8.30. The quantitative estimate of drug-likeness (QED) is 0.418. The van der Waals surface area contributed by atoms with E-state index in [0.29, 0.717) is 0 Å². The second-order valence-electron chi connectivity index (χ2n) is 1.58. The molecule has 0 aromatic rings. The van der Waals surface area contributed by atoms with Crippen LogP contribution in [0.1, 0.15) is 6.42 Å². The zero-order valence-electron chi connectivity index (χ0n) is 4.55. The summed E-state index contributed by atoms with van der Waals surface area (Å²) in [6, 6.07) is 0. The summed E-state index contributed by atoms with van der Waals surface area (Å²) in [4.78, 5) is 0. The van der Waals surface area contributed by atoms with Crippen molar-refractivity contribution in [1.29, 1.82) is 0 Å². The first kappa shape index (κ1) is 7.81. The van der Waals surface area contributed by atoms with Crippen LogP contribution in [0, 0.1) is 0 Å². The standard InChI is InChI=1S/C4H11FN2O/c5-3(1-2-6)4(7)8/h3-4,8H,1-2,6-7H2/t3-,4?/m0/s1. The van der Waals surface area contributed by atoms with Crippen molar-refractivity contribution in [3.63, 3.8) is 0 Å². The molecule has 0 saturated heterocycles. The van der Waals surface area contributed by atoms with Crippen molar-refractivity contribution in [2.24, 2.45) is 11.5 Å². The summed E-state index contributed by atoms with van der Waals surface area (Å²) >= 11 is 0. The van der Waals surface area contributed by atoms with Gasteiger partial charge in [0, 0.05) is 0 Å². The van der Waals surface area contributed by atoms with E-state index in [-0.39, 0.29) is 13.0 Å². The Bertz CT molecular complexity index is 60.0. The van der Waals surface area contributed by atoms with E-state index in [4.69, 9.17) is 16.6 Å². The first-order chi connectivity index (χ1) is 3.68. The van der Waals surface area contributed by atoms with E-state index in [0.717, 1.165) is 0 Å². The molecule has 0 radical (unpaired) electrons. The van der Waals surface area contributed by atoms with Gasteiger partial charge >= 0.3 is 0 Å². The summed E-state index contributed by atoms with van der Waals surface area (Å²) in [6.07, 6.45) is -2.63. The first-order valence-corrected chi connectivity index (χ1v) is 2.46. The normalized spacial score (nSPS) is 18.0. The average molecular weight is 122 g/mol. The van der Waals surface area contributed by atoms with Crippen LogP contribution in [-0.4, -0.2) is 24.1 Å². The van der Waals surface area contributed by atoms with Gasteiger partial charge in [0.1, 0.15) is 12.4 Å². The number of rotatable bonds is 3. The Morgan fingerprint density at radius 2 is 2.12 bits per heavy atom. The summed E-state index contributed by atoms with van der Waals surface area (Å²) in [7, 11) is 0. The highest BCUT2D eigenvalue weighted by atomic mass is 19.1. The molecular weight excluding hydrogens is 111 g/mol. The molecule has 50 valence electrons. The Hall–Kier alpha value is -0.190. The lowest BCUT2D eigenvalue weighted by Crippen LogP contribution is -2.32. The molecule has 0 saturated carbocycles. The molecule has 8 heavy (non-hydrogen) atoms. The minimum atomic E-state index is -1.38. The van der Waals surface area contributed by atoms with Crippen molar-refractivity contribution in [2.75, 3.05) is 6.54 Å². The molecule has 0 aliphatic carbocycles. The van der Waals surface area contributed by atoms with Crippen molar-refractivity contribution >= 4 is 0 Å². The van der Waals surface area contributed by atoms with Gasteiger partial charge < -0.3 is 16.6 Å². The molecule has 0 aliphatic rings. The lowest BCUT2D eigenvalue weighted by Gasteiger charge is -2.07. The third kappa shape index (κ3) is 2.90. The van der Waals surface area contributed by atoms with E-state index in [1.165, 1.54) is 0 Å². The molecule has 5 N–H and O–H groups in total. The maximum absolute atomic E-state index is 12.1. The second-order valence-corrected chi connectivity index (χ2v) is 1.58. The monoisotopic (exact) mass is 122 g/mol. The maximum Gasteiger partial charge on any atom is 0.140 e. The average Bonchev–Trinajstić information content (AvgIpc) is 1.67. The molecule has 2 atom stereocenters. The lowest BCUT2D eigenvalue weighted by molar-refractivity contribution is 0.0795. The third-order valence-electron chi connectivity index (χ3n) is 0.813. The molecule has 0 spiro atoms. The smallest absolute Gasteiger partial charge is 0.140 e. The Kier molecular flexibility index (Phi) is 3.68. The van der Waals surface area contributed by atoms with Crippen LogP contribution in [0.4, 0.5) is 4.39 Å². The molecule has 0 fully saturated rings. The van der Waals surface area contributed by atoms with Gasteiger partial charge in [-0.3, -0.25) is 0 Å². The molecule has 0 aromatic heterocycles. The van der Waals surface area contributed by atoms with Crippen molar-refractivity contribution in [2.45, 2.75) is 18.8 Å². The zero-order valence-corrected chi connectivity index (χ0v) is 4.55. The van der Waals surface area contributed by atoms with Crippen LogP contribution in [0.2, 0.25) is 0 Å². The molecule has 1 unspecified atom stereocenters. The van der Waals surface area contributed by atoms with E-state index in [9.17, 15) is 4.39 Å². The van der Waals surface area contributed by atoms with Crippen LogP contribution in [0.5, 0.6) is 0 Å². The van der Waals surface area contributed by atoms with Gasteiger partial charge in [0.25, 0.3) is 0 Å². The van der Waals surface area contributed by atoms with Gasteiger partial charge in [-0.15, -0.1) is 0 Å². The van der Waals surface area contributed by atoms with Gasteiger partial charge in [-0.1, -0.05) is 0 Å². The van der Waals surface area contributed by atoms with Crippen LogP contribution >= 0.6 is 0 Å². The number of aliphatic hydroxyl groups excluding tert-OH is 1. The summed E-state index contributed by atoms with van der Waals surface area (Å²) < 4.78 is 12.1. The molecule has 0 amide bonds. The van der Waals surface area contributed by atoms with E-state index in [2.05, 4.69) is 0 Å². The Labute approximate surface area is 47.5 Å². The molecule has 0 aromatic carbocycles. The topological polar surface area (TPSA) is 72.3 Å². The van der Waals surface area contributed by atoms with Crippen molar-refractivity contribution in [1.82, 2.24) is 0 Å². The van der Waals surface area contributed by atoms with Crippen molar-refractivity contribution in [3.8, 4) is 0 Å². The van der Waals surface area contributed by atoms with Crippen molar-refractivity contribution < 1.29 is 9.50 Å². The predicted octanol–water partition coefficient (Wildman–Crippen LogP) is -1.05. The van der Waals surface area contributed by atoms with E-state index in [1.807, 2.05) is 0 Å². The Morgan fingerprint density at radius 3 is 2.25 bits per heavy atom. The predicted molar refractivity (Wildman–Crippen MR) is 28.8 cm³/mol. The lowest BCUT2D eigenvalue weighted by atomic mass is 10.2.